The quantitative estimate of drug-likeness (QED) is 0.400. The number of unbranched alkanes of at least 4 members (excludes halogenated alkanes) is 1. The average molecular weight is 301 g/mol. The molecular weight excluding hydrogens is 278 g/mol. The van der Waals surface area contributed by atoms with Crippen LogP contribution in [-0.2, 0) is 4.79 Å². The molecule has 2 aliphatic heterocycles. The Hall–Kier alpha value is -0.950. The molecule has 2 fully saturated rings. The van der Waals surface area contributed by atoms with Gasteiger partial charge in [-0.15, -0.1) is 0 Å². The van der Waals surface area contributed by atoms with Gasteiger partial charge in [0, 0.05) is 24.0 Å². The van der Waals surface area contributed by atoms with Crippen LogP contribution in [0.5, 0.6) is 0 Å². The molecule has 0 spiro atoms. The number of carbonyl (C=O) groups excluding carboxylic acids is 2. The van der Waals surface area contributed by atoms with Crippen LogP contribution in [0.3, 0.4) is 0 Å². The van der Waals surface area contributed by atoms with Gasteiger partial charge in [-0.2, -0.15) is 11.8 Å². The van der Waals surface area contributed by atoms with E-state index in [9.17, 15) is 9.59 Å². The van der Waals surface area contributed by atoms with Gasteiger partial charge in [0.05, 0.1) is 18.2 Å². The molecule has 3 amide bonds. The fraction of sp³-hybridized carbons (Fsp3) is 0.846. The summed E-state index contributed by atoms with van der Waals surface area (Å²) in [6.07, 6.45) is 2.87. The maximum Gasteiger partial charge on any atom is 0.315 e. The smallest absolute Gasteiger partial charge is 0.315 e. The third-order valence-corrected chi connectivity index (χ3v) is 5.18. The van der Waals surface area contributed by atoms with E-state index in [2.05, 4.69) is 16.0 Å². The van der Waals surface area contributed by atoms with E-state index in [-0.39, 0.29) is 24.0 Å². The minimum atomic E-state index is -0.496. The van der Waals surface area contributed by atoms with Crippen molar-refractivity contribution >= 4 is 23.7 Å². The number of aliphatic hydroxyl groups is 1. The van der Waals surface area contributed by atoms with Crippen molar-refractivity contribution in [2.24, 2.45) is 0 Å². The summed E-state index contributed by atoms with van der Waals surface area (Å²) in [7, 11) is 0. The summed E-state index contributed by atoms with van der Waals surface area (Å²) in [5.41, 5.74) is 0. The van der Waals surface area contributed by atoms with E-state index in [1.165, 1.54) is 0 Å². The van der Waals surface area contributed by atoms with Crippen molar-refractivity contribution in [2.75, 3.05) is 12.3 Å². The zero-order valence-corrected chi connectivity index (χ0v) is 12.5. The first-order valence-electron chi connectivity index (χ1n) is 7.19. The van der Waals surface area contributed by atoms with Gasteiger partial charge >= 0.3 is 6.03 Å². The summed E-state index contributed by atoms with van der Waals surface area (Å²) in [6.45, 7) is 1.97. The zero-order valence-electron chi connectivity index (χ0n) is 11.7. The number of thioether (sulfide) groups is 1. The van der Waals surface area contributed by atoms with Gasteiger partial charge in [0.2, 0.25) is 5.91 Å². The van der Waals surface area contributed by atoms with Crippen molar-refractivity contribution in [3.63, 3.8) is 0 Å². The number of hydrogen-bond donors (Lipinski definition) is 4. The first kappa shape index (κ1) is 15.4. The predicted octanol–water partition coefficient (Wildman–Crippen LogP) is 0.209. The predicted molar refractivity (Wildman–Crippen MR) is 78.6 cm³/mol. The molecule has 4 atom stereocenters. The molecule has 0 aromatic rings. The van der Waals surface area contributed by atoms with Crippen LogP contribution in [0.4, 0.5) is 4.79 Å². The summed E-state index contributed by atoms with van der Waals surface area (Å²) in [6, 6.07) is 0.464. The Morgan fingerprint density at radius 1 is 1.50 bits per heavy atom. The van der Waals surface area contributed by atoms with Crippen molar-refractivity contribution < 1.29 is 14.7 Å². The summed E-state index contributed by atoms with van der Waals surface area (Å²) >= 11 is 1.90. The lowest BCUT2D eigenvalue weighted by Crippen LogP contribution is -2.36. The van der Waals surface area contributed by atoms with Crippen LogP contribution in [0.2, 0.25) is 0 Å². The van der Waals surface area contributed by atoms with Crippen LogP contribution in [0.1, 0.15) is 32.6 Å². The monoisotopic (exact) mass is 301 g/mol. The fourth-order valence-electron chi connectivity index (χ4n) is 2.62. The molecule has 0 aliphatic carbocycles. The minimum absolute atomic E-state index is 0.00122. The van der Waals surface area contributed by atoms with E-state index in [0.717, 1.165) is 25.0 Å². The number of fused-ring (bicyclic) bond motifs is 1. The summed E-state index contributed by atoms with van der Waals surface area (Å²) < 4.78 is 0. The first-order valence-corrected chi connectivity index (χ1v) is 8.24. The molecule has 7 heteroatoms. The van der Waals surface area contributed by atoms with Crippen LogP contribution in [0.15, 0.2) is 0 Å². The molecule has 0 bridgehead atoms. The Kier molecular flexibility index (Phi) is 5.54. The normalized spacial score (nSPS) is 29.5. The number of aliphatic hydroxyl groups excluding tert-OH is 1. The highest BCUT2D eigenvalue weighted by Gasteiger charge is 2.42. The molecule has 0 aromatic carbocycles. The molecule has 3 unspecified atom stereocenters. The van der Waals surface area contributed by atoms with Gasteiger partial charge in [-0.25, -0.2) is 4.79 Å². The largest absolute Gasteiger partial charge is 0.392 e. The van der Waals surface area contributed by atoms with E-state index in [4.69, 9.17) is 5.11 Å². The van der Waals surface area contributed by atoms with E-state index in [0.29, 0.717) is 18.2 Å². The summed E-state index contributed by atoms with van der Waals surface area (Å²) in [5, 5.41) is 18.1. The van der Waals surface area contributed by atoms with Gasteiger partial charge in [-0.1, -0.05) is 6.42 Å². The van der Waals surface area contributed by atoms with E-state index < -0.39 is 6.10 Å². The lowest BCUT2D eigenvalue weighted by Gasteiger charge is -2.16. The van der Waals surface area contributed by atoms with Crippen LogP contribution >= 0.6 is 11.8 Å². The highest BCUT2D eigenvalue weighted by Crippen LogP contribution is 2.33. The Balaban J connectivity index is 1.57. The minimum Gasteiger partial charge on any atom is -0.392 e. The highest BCUT2D eigenvalue weighted by molar-refractivity contribution is 8.00. The third kappa shape index (κ3) is 4.28. The Morgan fingerprint density at radius 3 is 3.05 bits per heavy atom. The number of hydrogen-bond acceptors (Lipinski definition) is 4. The number of rotatable bonds is 7. The lowest BCUT2D eigenvalue weighted by molar-refractivity contribution is -0.121. The fourth-order valence-corrected chi connectivity index (χ4v) is 4.17. The van der Waals surface area contributed by atoms with Gasteiger partial charge in [-0.05, 0) is 19.8 Å². The molecule has 6 nitrogen and oxygen atoms in total. The van der Waals surface area contributed by atoms with Crippen molar-refractivity contribution in [3.05, 3.63) is 0 Å². The third-order valence-electron chi connectivity index (χ3n) is 3.68. The molecule has 114 valence electrons. The molecular formula is C13H23N3O3S. The summed E-state index contributed by atoms with van der Waals surface area (Å²) in [5.74, 6) is 0.974. The maximum absolute atomic E-state index is 11.5. The van der Waals surface area contributed by atoms with Crippen molar-refractivity contribution in [1.82, 2.24) is 16.0 Å². The molecule has 2 rings (SSSR count). The van der Waals surface area contributed by atoms with Crippen molar-refractivity contribution in [2.45, 2.75) is 56.0 Å². The SMILES string of the molecule is CC(O)CNC(=O)CCCC[C@H]1SCC2NC(=O)NC21. The molecule has 2 aliphatic rings. The number of carbonyl (C=O) groups is 2. The molecule has 4 N–H and O–H groups in total. The second kappa shape index (κ2) is 7.17. The van der Waals surface area contributed by atoms with E-state index >= 15 is 0 Å². The maximum atomic E-state index is 11.5. The van der Waals surface area contributed by atoms with E-state index in [1.54, 1.807) is 6.92 Å². The number of nitrogens with one attached hydrogen (secondary N) is 3. The van der Waals surface area contributed by atoms with E-state index in [1.807, 2.05) is 11.8 Å². The Morgan fingerprint density at radius 2 is 2.30 bits per heavy atom. The lowest BCUT2D eigenvalue weighted by atomic mass is 10.0. The number of urea groups is 1. The van der Waals surface area contributed by atoms with Gasteiger partial charge < -0.3 is 21.1 Å². The second-order valence-corrected chi connectivity index (χ2v) is 6.79. The van der Waals surface area contributed by atoms with Crippen LogP contribution < -0.4 is 16.0 Å². The first-order chi connectivity index (χ1) is 9.56. The standard InChI is InChI=1S/C13H23N3O3S/c1-8(17)6-14-11(18)5-3-2-4-10-12-9(7-20-10)15-13(19)16-12/h8-10,12,17H,2-7H2,1H3,(H,14,18)(H2,15,16,19)/t8?,9?,10-,12?/m1/s1. The highest BCUT2D eigenvalue weighted by atomic mass is 32.2. The molecule has 20 heavy (non-hydrogen) atoms. The number of amides is 3. The van der Waals surface area contributed by atoms with Gasteiger partial charge in [0.1, 0.15) is 0 Å². The van der Waals surface area contributed by atoms with Crippen LogP contribution in [0.25, 0.3) is 0 Å². The second-order valence-electron chi connectivity index (χ2n) is 5.52. The Bertz CT molecular complexity index is 365. The summed E-state index contributed by atoms with van der Waals surface area (Å²) in [4.78, 5) is 22.7. The molecule has 0 saturated carbocycles. The molecule has 0 radical (unpaired) electrons. The Labute approximate surface area is 123 Å². The molecule has 0 aromatic heterocycles. The molecule has 2 heterocycles. The topological polar surface area (TPSA) is 90.5 Å². The molecule has 2 saturated heterocycles. The van der Waals surface area contributed by atoms with Gasteiger partial charge in [0.15, 0.2) is 0 Å². The van der Waals surface area contributed by atoms with Crippen LogP contribution in [-0.4, -0.2) is 52.8 Å². The zero-order chi connectivity index (χ0) is 14.5. The van der Waals surface area contributed by atoms with Crippen molar-refractivity contribution in [3.8, 4) is 0 Å². The van der Waals surface area contributed by atoms with Crippen LogP contribution in [0, 0.1) is 0 Å². The van der Waals surface area contributed by atoms with Crippen molar-refractivity contribution in [1.29, 1.82) is 0 Å². The average Bonchev–Trinajstić information content (AvgIpc) is 2.92. The van der Waals surface area contributed by atoms with Gasteiger partial charge in [0.25, 0.3) is 0 Å². The van der Waals surface area contributed by atoms with Gasteiger partial charge in [-0.3, -0.25) is 4.79 Å².